The Labute approximate surface area is 176 Å². The van der Waals surface area contributed by atoms with E-state index < -0.39 is 6.04 Å². The molecule has 1 unspecified atom stereocenters. The van der Waals surface area contributed by atoms with E-state index >= 15 is 0 Å². The van der Waals surface area contributed by atoms with Crippen molar-refractivity contribution in [2.45, 2.75) is 57.0 Å². The van der Waals surface area contributed by atoms with Crippen molar-refractivity contribution in [3.05, 3.63) is 24.3 Å². The molecule has 0 aromatic heterocycles. The smallest absolute Gasteiger partial charge is 0.328 e. The summed E-state index contributed by atoms with van der Waals surface area (Å²) in [5.41, 5.74) is 0. The van der Waals surface area contributed by atoms with Crippen LogP contribution in [0, 0.1) is 5.92 Å². The van der Waals surface area contributed by atoms with Gasteiger partial charge < -0.3 is 24.8 Å². The number of carbonyl (C=O) groups is 3. The van der Waals surface area contributed by atoms with Crippen LogP contribution in [0.15, 0.2) is 24.3 Å². The molecule has 164 valence electrons. The molecule has 2 N–H and O–H groups in total. The molecule has 2 aliphatic rings. The maximum Gasteiger partial charge on any atom is 0.328 e. The highest BCUT2D eigenvalue weighted by Crippen LogP contribution is 2.29. The minimum atomic E-state index is -0.472. The fourth-order valence-corrected chi connectivity index (χ4v) is 4.29. The lowest BCUT2D eigenvalue weighted by atomic mass is 9.84. The number of para-hydroxylation sites is 2. The van der Waals surface area contributed by atoms with Crippen molar-refractivity contribution in [2.24, 2.45) is 5.92 Å². The number of nitrogens with zero attached hydrogens (tertiary/aromatic N) is 1. The van der Waals surface area contributed by atoms with Gasteiger partial charge in [0.15, 0.2) is 18.1 Å². The number of ether oxygens (including phenoxy) is 2. The molecule has 30 heavy (non-hydrogen) atoms. The maximum absolute atomic E-state index is 13.0. The predicted octanol–water partition coefficient (Wildman–Crippen LogP) is 2.00. The number of methoxy groups -OCH3 is 1. The molecular weight excluding hydrogens is 388 g/mol. The number of nitrogens with one attached hydrogen (secondary N) is 1. The summed E-state index contributed by atoms with van der Waals surface area (Å²) < 4.78 is 10.2. The van der Waals surface area contributed by atoms with Gasteiger partial charge in [0.1, 0.15) is 6.04 Å². The molecule has 0 spiro atoms. The molecule has 1 aromatic carbocycles. The molecule has 1 heterocycles. The number of hydrogen-bond donors (Lipinski definition) is 2. The molecule has 3 rings (SSSR count). The maximum atomic E-state index is 13.0. The number of hydrogen-bond acceptors (Lipinski definition) is 6. The summed E-state index contributed by atoms with van der Waals surface area (Å²) >= 11 is 0. The third kappa shape index (κ3) is 5.43. The number of amides is 2. The number of piperidine rings is 1. The van der Waals surface area contributed by atoms with Gasteiger partial charge in [0.2, 0.25) is 5.91 Å². The highest BCUT2D eigenvalue weighted by Gasteiger charge is 2.37. The number of phenols is 1. The lowest BCUT2D eigenvalue weighted by Gasteiger charge is -2.38. The fraction of sp³-hybridized carbons (Fsp3) is 0.591. The van der Waals surface area contributed by atoms with Crippen LogP contribution >= 0.6 is 0 Å². The molecule has 1 saturated carbocycles. The van der Waals surface area contributed by atoms with Gasteiger partial charge in [-0.3, -0.25) is 9.59 Å². The average Bonchev–Trinajstić information content (AvgIpc) is 2.78. The van der Waals surface area contributed by atoms with Gasteiger partial charge in [0, 0.05) is 18.5 Å². The number of rotatable bonds is 6. The molecule has 1 aliphatic heterocycles. The van der Waals surface area contributed by atoms with Crippen molar-refractivity contribution < 1.29 is 29.0 Å². The number of phenolic OH excluding ortho intramolecular Hbond substituents is 1. The van der Waals surface area contributed by atoms with E-state index in [4.69, 9.17) is 9.47 Å². The zero-order valence-electron chi connectivity index (χ0n) is 17.3. The van der Waals surface area contributed by atoms with Gasteiger partial charge in [-0.1, -0.05) is 12.1 Å². The third-order valence-electron chi connectivity index (χ3n) is 5.92. The summed E-state index contributed by atoms with van der Waals surface area (Å²) in [4.78, 5) is 38.9. The van der Waals surface area contributed by atoms with Gasteiger partial charge in [0.05, 0.1) is 7.11 Å². The summed E-state index contributed by atoms with van der Waals surface area (Å²) in [6, 6.07) is 6.02. The van der Waals surface area contributed by atoms with E-state index in [1.54, 1.807) is 23.1 Å². The van der Waals surface area contributed by atoms with Crippen LogP contribution in [0.5, 0.6) is 11.5 Å². The van der Waals surface area contributed by atoms with Crippen LogP contribution in [0.4, 0.5) is 0 Å². The van der Waals surface area contributed by atoms with E-state index in [9.17, 15) is 19.5 Å². The normalized spacial score (nSPS) is 24.0. The lowest BCUT2D eigenvalue weighted by molar-refractivity contribution is -0.156. The van der Waals surface area contributed by atoms with E-state index in [0.29, 0.717) is 38.6 Å². The summed E-state index contributed by atoms with van der Waals surface area (Å²) in [5.74, 6) is -0.433. The predicted molar refractivity (Wildman–Crippen MR) is 109 cm³/mol. The van der Waals surface area contributed by atoms with E-state index in [0.717, 1.165) is 12.8 Å². The Balaban J connectivity index is 1.45. The molecule has 1 saturated heterocycles. The van der Waals surface area contributed by atoms with Crippen LogP contribution in [0.3, 0.4) is 0 Å². The van der Waals surface area contributed by atoms with Crippen LogP contribution in [0.2, 0.25) is 0 Å². The first-order valence-corrected chi connectivity index (χ1v) is 10.6. The van der Waals surface area contributed by atoms with Crippen molar-refractivity contribution in [1.82, 2.24) is 10.2 Å². The first-order valence-electron chi connectivity index (χ1n) is 10.6. The Hall–Kier alpha value is -2.77. The largest absolute Gasteiger partial charge is 0.504 e. The van der Waals surface area contributed by atoms with Gasteiger partial charge >= 0.3 is 5.97 Å². The Kier molecular flexibility index (Phi) is 7.54. The molecular formula is C22H30N2O6. The summed E-state index contributed by atoms with van der Waals surface area (Å²) in [7, 11) is 1.36. The lowest BCUT2D eigenvalue weighted by Crippen LogP contribution is -2.51. The molecule has 1 aromatic rings. The molecule has 0 radical (unpaired) electrons. The topological polar surface area (TPSA) is 105 Å². The molecule has 1 aliphatic carbocycles. The zero-order chi connectivity index (χ0) is 21.5. The molecule has 8 heteroatoms. The van der Waals surface area contributed by atoms with Crippen molar-refractivity contribution in [1.29, 1.82) is 0 Å². The van der Waals surface area contributed by atoms with E-state index in [2.05, 4.69) is 5.32 Å². The standard InChI is InChI=1S/C22H30N2O6/c1-29-22(28)17-6-4-5-13-24(17)21(27)15-9-11-16(12-10-15)23-20(26)14-30-19-8-3-2-7-18(19)25/h2-3,7-8,15-17,25H,4-6,9-14H2,1H3,(H,23,26). The number of likely N-dealkylation sites (tertiary alicyclic amines) is 1. The number of benzene rings is 1. The minimum Gasteiger partial charge on any atom is -0.504 e. The van der Waals surface area contributed by atoms with Gasteiger partial charge in [-0.05, 0) is 57.1 Å². The molecule has 0 bridgehead atoms. The first-order chi connectivity index (χ1) is 14.5. The van der Waals surface area contributed by atoms with E-state index in [1.807, 2.05) is 0 Å². The minimum absolute atomic E-state index is 0.00714. The van der Waals surface area contributed by atoms with Gasteiger partial charge in [-0.2, -0.15) is 0 Å². The molecule has 1 atom stereocenters. The number of carbonyl (C=O) groups excluding carboxylic acids is 3. The second-order valence-corrected chi connectivity index (χ2v) is 7.94. The Morgan fingerprint density at radius 3 is 2.53 bits per heavy atom. The van der Waals surface area contributed by atoms with E-state index in [1.165, 1.54) is 13.2 Å². The van der Waals surface area contributed by atoms with E-state index in [-0.39, 0.29) is 47.8 Å². The first kappa shape index (κ1) is 21.9. The van der Waals surface area contributed by atoms with Crippen LogP contribution in [-0.4, -0.2) is 60.1 Å². The molecule has 8 nitrogen and oxygen atoms in total. The molecule has 2 amide bonds. The van der Waals surface area contributed by atoms with Crippen molar-refractivity contribution in [3.8, 4) is 11.5 Å². The van der Waals surface area contributed by atoms with Gasteiger partial charge in [-0.25, -0.2) is 4.79 Å². The second-order valence-electron chi connectivity index (χ2n) is 7.94. The van der Waals surface area contributed by atoms with Crippen molar-refractivity contribution in [2.75, 3.05) is 20.3 Å². The van der Waals surface area contributed by atoms with Crippen molar-refractivity contribution in [3.63, 3.8) is 0 Å². The fourth-order valence-electron chi connectivity index (χ4n) is 4.29. The molecule has 2 fully saturated rings. The number of aromatic hydroxyl groups is 1. The Bertz CT molecular complexity index is 760. The summed E-state index contributed by atoms with van der Waals surface area (Å²) in [5, 5.41) is 12.6. The summed E-state index contributed by atoms with van der Waals surface area (Å²) in [6.07, 6.45) is 5.24. The highest BCUT2D eigenvalue weighted by molar-refractivity contribution is 5.86. The summed E-state index contributed by atoms with van der Waals surface area (Å²) in [6.45, 7) is 0.421. The Morgan fingerprint density at radius 1 is 1.10 bits per heavy atom. The van der Waals surface area contributed by atoms with Gasteiger partial charge in [-0.15, -0.1) is 0 Å². The van der Waals surface area contributed by atoms with Gasteiger partial charge in [0.25, 0.3) is 5.91 Å². The number of esters is 1. The average molecular weight is 418 g/mol. The third-order valence-corrected chi connectivity index (χ3v) is 5.92. The van der Waals surface area contributed by atoms with Crippen LogP contribution in [0.25, 0.3) is 0 Å². The SMILES string of the molecule is COC(=O)C1CCCCN1C(=O)C1CCC(NC(=O)COc2ccccc2O)CC1. The van der Waals surface area contributed by atoms with Crippen molar-refractivity contribution >= 4 is 17.8 Å². The second kappa shape index (κ2) is 10.3. The van der Waals surface area contributed by atoms with Crippen LogP contribution < -0.4 is 10.1 Å². The van der Waals surface area contributed by atoms with Crippen LogP contribution in [-0.2, 0) is 19.1 Å². The quantitative estimate of drug-likeness (QED) is 0.685. The monoisotopic (exact) mass is 418 g/mol. The Morgan fingerprint density at radius 2 is 1.83 bits per heavy atom. The zero-order valence-corrected chi connectivity index (χ0v) is 17.3. The highest BCUT2D eigenvalue weighted by atomic mass is 16.5. The van der Waals surface area contributed by atoms with Crippen LogP contribution in [0.1, 0.15) is 44.9 Å².